The third kappa shape index (κ3) is 1.87. The maximum atomic E-state index is 10.1. The number of nitrogens with zero attached hydrogens (tertiary/aromatic N) is 2. The standard InChI is InChI=1S/C10H12N2OS2/c1-10(2)8(13)12(9(14)15-10)7-5-3-4-6-11-7/h3-6,8,13H,1-2H3. The van der Waals surface area contributed by atoms with Gasteiger partial charge in [-0.2, -0.15) is 0 Å². The summed E-state index contributed by atoms with van der Waals surface area (Å²) in [4.78, 5) is 5.89. The van der Waals surface area contributed by atoms with Gasteiger partial charge in [-0.25, -0.2) is 4.98 Å². The van der Waals surface area contributed by atoms with E-state index in [0.29, 0.717) is 10.1 Å². The highest BCUT2D eigenvalue weighted by Crippen LogP contribution is 2.41. The van der Waals surface area contributed by atoms with Gasteiger partial charge in [0.1, 0.15) is 16.4 Å². The molecule has 0 saturated carbocycles. The molecule has 0 aliphatic carbocycles. The molecule has 1 aliphatic heterocycles. The molecule has 1 fully saturated rings. The Morgan fingerprint density at radius 3 is 2.73 bits per heavy atom. The Kier molecular flexibility index (Phi) is 2.70. The van der Waals surface area contributed by atoms with E-state index in [-0.39, 0.29) is 4.75 Å². The SMILES string of the molecule is CC1(C)SC(=S)N(c2ccccn2)C1O. The van der Waals surface area contributed by atoms with Crippen LogP contribution in [0.3, 0.4) is 0 Å². The molecule has 2 rings (SSSR count). The topological polar surface area (TPSA) is 36.4 Å². The van der Waals surface area contributed by atoms with Gasteiger partial charge in [-0.1, -0.05) is 30.0 Å². The van der Waals surface area contributed by atoms with Crippen molar-refractivity contribution in [3.63, 3.8) is 0 Å². The number of hydrogen-bond donors (Lipinski definition) is 1. The van der Waals surface area contributed by atoms with Gasteiger partial charge >= 0.3 is 0 Å². The van der Waals surface area contributed by atoms with E-state index in [1.165, 1.54) is 11.8 Å². The third-order valence-corrected chi connectivity index (χ3v) is 3.86. The predicted molar refractivity (Wildman–Crippen MR) is 67.0 cm³/mol. The van der Waals surface area contributed by atoms with E-state index >= 15 is 0 Å². The Balaban J connectivity index is 2.35. The second-order valence-corrected chi connectivity index (χ2v) is 6.19. The minimum absolute atomic E-state index is 0.283. The van der Waals surface area contributed by atoms with Crippen molar-refractivity contribution in [2.24, 2.45) is 0 Å². The van der Waals surface area contributed by atoms with Gasteiger partial charge in [0, 0.05) is 6.20 Å². The number of anilines is 1. The van der Waals surface area contributed by atoms with E-state index < -0.39 is 6.23 Å². The molecule has 1 unspecified atom stereocenters. The summed E-state index contributed by atoms with van der Waals surface area (Å²) in [5.74, 6) is 0.702. The number of thiocarbonyl (C=S) groups is 1. The van der Waals surface area contributed by atoms with Crippen molar-refractivity contribution in [2.75, 3.05) is 4.90 Å². The molecule has 1 aromatic rings. The first-order valence-corrected chi connectivity index (χ1v) is 5.86. The van der Waals surface area contributed by atoms with Crippen LogP contribution in [0.15, 0.2) is 24.4 Å². The highest BCUT2D eigenvalue weighted by atomic mass is 32.2. The van der Waals surface area contributed by atoms with Crippen molar-refractivity contribution in [1.29, 1.82) is 0 Å². The van der Waals surface area contributed by atoms with Crippen LogP contribution >= 0.6 is 24.0 Å². The summed E-state index contributed by atoms with van der Waals surface area (Å²) in [7, 11) is 0. The average Bonchev–Trinajstić information content (AvgIpc) is 2.38. The normalized spacial score (nSPS) is 24.6. The van der Waals surface area contributed by atoms with Crippen molar-refractivity contribution in [1.82, 2.24) is 4.98 Å². The van der Waals surface area contributed by atoms with Gasteiger partial charge in [0.2, 0.25) is 0 Å². The Labute approximate surface area is 98.5 Å². The molecular weight excluding hydrogens is 228 g/mol. The van der Waals surface area contributed by atoms with Crippen LogP contribution in [0.25, 0.3) is 0 Å². The summed E-state index contributed by atoms with van der Waals surface area (Å²) in [6.45, 7) is 3.94. The highest BCUT2D eigenvalue weighted by Gasteiger charge is 2.44. The highest BCUT2D eigenvalue weighted by molar-refractivity contribution is 8.24. The molecule has 0 spiro atoms. The Bertz CT molecular complexity index is 380. The lowest BCUT2D eigenvalue weighted by Crippen LogP contribution is -2.41. The maximum Gasteiger partial charge on any atom is 0.148 e. The molecular formula is C10H12N2OS2. The summed E-state index contributed by atoms with van der Waals surface area (Å²) < 4.78 is 0.389. The molecule has 1 aliphatic rings. The van der Waals surface area contributed by atoms with Crippen LogP contribution in [0.4, 0.5) is 5.82 Å². The molecule has 1 N–H and O–H groups in total. The summed E-state index contributed by atoms with van der Waals surface area (Å²) >= 11 is 6.74. The van der Waals surface area contributed by atoms with E-state index in [2.05, 4.69) is 4.98 Å². The monoisotopic (exact) mass is 240 g/mol. The Morgan fingerprint density at radius 1 is 1.53 bits per heavy atom. The number of aliphatic hydroxyl groups is 1. The maximum absolute atomic E-state index is 10.1. The van der Waals surface area contributed by atoms with Gasteiger partial charge in [-0.3, -0.25) is 4.90 Å². The Hall–Kier alpha value is -0.650. The summed E-state index contributed by atoms with van der Waals surface area (Å²) in [6.07, 6.45) is 1.07. The molecule has 80 valence electrons. The van der Waals surface area contributed by atoms with Crippen LogP contribution in [-0.4, -0.2) is 25.4 Å². The second-order valence-electron chi connectivity index (χ2n) is 3.90. The van der Waals surface area contributed by atoms with Crippen molar-refractivity contribution < 1.29 is 5.11 Å². The van der Waals surface area contributed by atoms with Gasteiger partial charge in [-0.05, 0) is 26.0 Å². The number of aliphatic hydroxyl groups excluding tert-OH is 1. The molecule has 1 aromatic heterocycles. The molecule has 5 heteroatoms. The lowest BCUT2D eigenvalue weighted by atomic mass is 10.1. The second kappa shape index (κ2) is 3.73. The lowest BCUT2D eigenvalue weighted by molar-refractivity contribution is 0.156. The zero-order valence-corrected chi connectivity index (χ0v) is 10.2. The summed E-state index contributed by atoms with van der Waals surface area (Å²) in [6, 6.07) is 5.57. The molecule has 2 heterocycles. The minimum atomic E-state index is -0.620. The number of rotatable bonds is 1. The van der Waals surface area contributed by atoms with Gasteiger partial charge in [0.25, 0.3) is 0 Å². The smallest absolute Gasteiger partial charge is 0.148 e. The fraction of sp³-hybridized carbons (Fsp3) is 0.400. The number of hydrogen-bond acceptors (Lipinski definition) is 4. The zero-order chi connectivity index (χ0) is 11.1. The van der Waals surface area contributed by atoms with Crippen molar-refractivity contribution in [3.05, 3.63) is 24.4 Å². The molecule has 1 saturated heterocycles. The molecule has 3 nitrogen and oxygen atoms in total. The van der Waals surface area contributed by atoms with E-state index in [1.54, 1.807) is 11.1 Å². The predicted octanol–water partition coefficient (Wildman–Crippen LogP) is 2.02. The van der Waals surface area contributed by atoms with Gasteiger partial charge < -0.3 is 5.11 Å². The van der Waals surface area contributed by atoms with Crippen molar-refractivity contribution in [2.45, 2.75) is 24.8 Å². The summed E-state index contributed by atoms with van der Waals surface area (Å²) in [5.41, 5.74) is 0. The third-order valence-electron chi connectivity index (χ3n) is 2.31. The van der Waals surface area contributed by atoms with Crippen LogP contribution < -0.4 is 4.90 Å². The molecule has 0 bridgehead atoms. The minimum Gasteiger partial charge on any atom is -0.372 e. The van der Waals surface area contributed by atoms with E-state index in [9.17, 15) is 5.11 Å². The molecule has 0 amide bonds. The van der Waals surface area contributed by atoms with Crippen LogP contribution in [0.1, 0.15) is 13.8 Å². The molecule has 0 radical (unpaired) electrons. The van der Waals surface area contributed by atoms with E-state index in [4.69, 9.17) is 12.2 Å². The number of aromatic nitrogens is 1. The van der Waals surface area contributed by atoms with Crippen LogP contribution in [-0.2, 0) is 0 Å². The van der Waals surface area contributed by atoms with E-state index in [0.717, 1.165) is 0 Å². The van der Waals surface area contributed by atoms with Crippen LogP contribution in [0, 0.1) is 0 Å². The Morgan fingerprint density at radius 2 is 2.27 bits per heavy atom. The largest absolute Gasteiger partial charge is 0.372 e. The molecule has 15 heavy (non-hydrogen) atoms. The first kappa shape index (κ1) is 10.9. The molecule has 1 atom stereocenters. The van der Waals surface area contributed by atoms with Crippen molar-refractivity contribution >= 4 is 34.1 Å². The van der Waals surface area contributed by atoms with Crippen LogP contribution in [0.5, 0.6) is 0 Å². The van der Waals surface area contributed by atoms with Gasteiger partial charge in [0.05, 0.1) is 4.75 Å². The lowest BCUT2D eigenvalue weighted by Gasteiger charge is -2.26. The first-order valence-electron chi connectivity index (χ1n) is 4.64. The van der Waals surface area contributed by atoms with Crippen molar-refractivity contribution in [3.8, 4) is 0 Å². The van der Waals surface area contributed by atoms with Gasteiger partial charge in [0.15, 0.2) is 0 Å². The fourth-order valence-corrected chi connectivity index (χ4v) is 3.24. The average molecular weight is 240 g/mol. The summed E-state index contributed by atoms with van der Waals surface area (Å²) in [5, 5.41) is 10.1. The van der Waals surface area contributed by atoms with E-state index in [1.807, 2.05) is 32.0 Å². The quantitative estimate of drug-likeness (QED) is 0.760. The first-order chi connectivity index (χ1) is 7.02. The fourth-order valence-electron chi connectivity index (χ4n) is 1.45. The number of pyridine rings is 1. The van der Waals surface area contributed by atoms with Gasteiger partial charge in [-0.15, -0.1) is 0 Å². The number of thioether (sulfide) groups is 1. The zero-order valence-electron chi connectivity index (χ0n) is 8.54. The van der Waals surface area contributed by atoms with Crippen LogP contribution in [0.2, 0.25) is 0 Å². The molecule has 0 aromatic carbocycles.